The number of hydrogen-bond donors (Lipinski definition) is 0. The highest BCUT2D eigenvalue weighted by Crippen LogP contribution is 2.10. The molecule has 15 heavy (non-hydrogen) atoms. The van der Waals surface area contributed by atoms with Gasteiger partial charge in [-0.05, 0) is 11.6 Å². The molecule has 1 rings (SSSR count). The topological polar surface area (TPSA) is 43.4 Å². The zero-order valence-electron chi connectivity index (χ0n) is 8.47. The molecule has 0 bridgehead atoms. The number of esters is 1. The van der Waals surface area contributed by atoms with Gasteiger partial charge < -0.3 is 9.53 Å². The number of carbonyl (C=O) groups excluding carboxylic acids is 2. The lowest BCUT2D eigenvalue weighted by Gasteiger charge is -2.01. The molecule has 0 aromatic heterocycles. The van der Waals surface area contributed by atoms with Crippen molar-refractivity contribution in [3.8, 4) is 0 Å². The van der Waals surface area contributed by atoms with Crippen molar-refractivity contribution in [3.63, 3.8) is 0 Å². The van der Waals surface area contributed by atoms with Crippen LogP contribution >= 0.6 is 0 Å². The number of methoxy groups -OCH3 is 1. The van der Waals surface area contributed by atoms with Gasteiger partial charge in [0.05, 0.1) is 7.11 Å². The molecule has 0 N–H and O–H groups in total. The van der Waals surface area contributed by atoms with Crippen molar-refractivity contribution in [2.45, 2.75) is 6.42 Å². The third-order valence-electron chi connectivity index (χ3n) is 1.89. The summed E-state index contributed by atoms with van der Waals surface area (Å²) in [5.74, 6) is -0.467. The van der Waals surface area contributed by atoms with Crippen LogP contribution < -0.4 is 0 Å². The van der Waals surface area contributed by atoms with E-state index in [1.807, 2.05) is 30.3 Å². The van der Waals surface area contributed by atoms with Crippen molar-refractivity contribution in [2.75, 3.05) is 7.11 Å². The van der Waals surface area contributed by atoms with Crippen molar-refractivity contribution in [2.24, 2.45) is 0 Å². The zero-order chi connectivity index (χ0) is 11.1. The molecule has 0 aliphatic rings. The van der Waals surface area contributed by atoms with Gasteiger partial charge in [0.15, 0.2) is 0 Å². The number of hydrogen-bond acceptors (Lipinski definition) is 3. The molecule has 0 unspecified atom stereocenters. The SMILES string of the molecule is COC(=O)C(=Cc1ccccc1)CC=O. The fourth-order valence-corrected chi connectivity index (χ4v) is 1.17. The van der Waals surface area contributed by atoms with E-state index in [4.69, 9.17) is 0 Å². The predicted octanol–water partition coefficient (Wildman–Crippen LogP) is 1.83. The first-order valence-electron chi connectivity index (χ1n) is 4.55. The minimum absolute atomic E-state index is 0.0710. The molecule has 0 aliphatic heterocycles. The summed E-state index contributed by atoms with van der Waals surface area (Å²) in [6, 6.07) is 9.32. The average Bonchev–Trinajstić information content (AvgIpc) is 2.29. The molecule has 78 valence electrons. The van der Waals surface area contributed by atoms with Gasteiger partial charge in [-0.1, -0.05) is 30.3 Å². The predicted molar refractivity (Wildman–Crippen MR) is 57.1 cm³/mol. The number of rotatable bonds is 4. The molecule has 3 nitrogen and oxygen atoms in total. The molecule has 1 aromatic rings. The Labute approximate surface area is 88.4 Å². The lowest BCUT2D eigenvalue weighted by Crippen LogP contribution is -2.05. The van der Waals surface area contributed by atoms with Gasteiger partial charge in [0, 0.05) is 12.0 Å². The van der Waals surface area contributed by atoms with Crippen LogP contribution in [0.15, 0.2) is 35.9 Å². The van der Waals surface area contributed by atoms with E-state index < -0.39 is 5.97 Å². The first kappa shape index (κ1) is 11.2. The van der Waals surface area contributed by atoms with Gasteiger partial charge in [-0.3, -0.25) is 0 Å². The van der Waals surface area contributed by atoms with Gasteiger partial charge in [0.1, 0.15) is 6.29 Å². The Morgan fingerprint density at radius 3 is 2.53 bits per heavy atom. The van der Waals surface area contributed by atoms with Crippen LogP contribution in [0.1, 0.15) is 12.0 Å². The number of benzene rings is 1. The summed E-state index contributed by atoms with van der Waals surface area (Å²) >= 11 is 0. The summed E-state index contributed by atoms with van der Waals surface area (Å²) < 4.78 is 4.57. The molecule has 0 amide bonds. The first-order chi connectivity index (χ1) is 7.27. The molecule has 0 aliphatic carbocycles. The van der Waals surface area contributed by atoms with Crippen molar-refractivity contribution < 1.29 is 14.3 Å². The average molecular weight is 204 g/mol. The molecule has 0 heterocycles. The summed E-state index contributed by atoms with van der Waals surface area (Å²) in [6.07, 6.45) is 2.41. The van der Waals surface area contributed by atoms with Crippen LogP contribution in [0.25, 0.3) is 6.08 Å². The smallest absolute Gasteiger partial charge is 0.334 e. The summed E-state index contributed by atoms with van der Waals surface area (Å²) in [5, 5.41) is 0. The highest BCUT2D eigenvalue weighted by Gasteiger charge is 2.08. The van der Waals surface area contributed by atoms with E-state index in [0.29, 0.717) is 11.9 Å². The quantitative estimate of drug-likeness (QED) is 0.427. The molecule has 3 heteroatoms. The molecule has 0 atom stereocenters. The maximum absolute atomic E-state index is 11.3. The minimum Gasteiger partial charge on any atom is -0.466 e. The third kappa shape index (κ3) is 3.38. The van der Waals surface area contributed by atoms with Gasteiger partial charge in [-0.2, -0.15) is 0 Å². The van der Waals surface area contributed by atoms with E-state index in [1.54, 1.807) is 6.08 Å². The maximum atomic E-state index is 11.3. The highest BCUT2D eigenvalue weighted by atomic mass is 16.5. The maximum Gasteiger partial charge on any atom is 0.334 e. The largest absolute Gasteiger partial charge is 0.466 e. The normalized spacial score (nSPS) is 10.9. The summed E-state index contributed by atoms with van der Waals surface area (Å²) in [6.45, 7) is 0. The minimum atomic E-state index is -0.467. The Morgan fingerprint density at radius 1 is 1.33 bits per heavy atom. The van der Waals surface area contributed by atoms with Gasteiger partial charge in [-0.15, -0.1) is 0 Å². The van der Waals surface area contributed by atoms with E-state index in [-0.39, 0.29) is 6.42 Å². The summed E-state index contributed by atoms with van der Waals surface area (Å²) in [7, 11) is 1.30. The van der Waals surface area contributed by atoms with Gasteiger partial charge >= 0.3 is 5.97 Å². The molecule has 0 fully saturated rings. The second-order valence-electron chi connectivity index (χ2n) is 2.94. The third-order valence-corrected chi connectivity index (χ3v) is 1.89. The number of carbonyl (C=O) groups is 2. The molecule has 0 spiro atoms. The van der Waals surface area contributed by atoms with Crippen molar-refractivity contribution >= 4 is 18.3 Å². The molecule has 0 radical (unpaired) electrons. The molecular weight excluding hydrogens is 192 g/mol. The molecule has 0 saturated carbocycles. The Balaban J connectivity index is 2.93. The molecule has 0 saturated heterocycles. The van der Waals surface area contributed by atoms with E-state index in [0.717, 1.165) is 5.56 Å². The van der Waals surface area contributed by atoms with Crippen molar-refractivity contribution in [1.29, 1.82) is 0 Å². The monoisotopic (exact) mass is 204 g/mol. The van der Waals surface area contributed by atoms with Crippen LogP contribution in [-0.2, 0) is 14.3 Å². The Kier molecular flexibility index (Phi) is 4.29. The van der Waals surface area contributed by atoms with Crippen LogP contribution in [0.3, 0.4) is 0 Å². The second-order valence-corrected chi connectivity index (χ2v) is 2.94. The van der Waals surface area contributed by atoms with Gasteiger partial charge in [0.25, 0.3) is 0 Å². The molecule has 1 aromatic carbocycles. The standard InChI is InChI=1S/C12H12O3/c1-15-12(14)11(7-8-13)9-10-5-3-2-4-6-10/h2-6,8-9H,7H2,1H3. The van der Waals surface area contributed by atoms with Crippen LogP contribution in [0.2, 0.25) is 0 Å². The van der Waals surface area contributed by atoms with E-state index in [1.165, 1.54) is 7.11 Å². The van der Waals surface area contributed by atoms with Crippen molar-refractivity contribution in [1.82, 2.24) is 0 Å². The van der Waals surface area contributed by atoms with Gasteiger partial charge in [-0.25, -0.2) is 4.79 Å². The Hall–Kier alpha value is -1.90. The fraction of sp³-hybridized carbons (Fsp3) is 0.167. The molecular formula is C12H12O3. The van der Waals surface area contributed by atoms with Crippen molar-refractivity contribution in [3.05, 3.63) is 41.5 Å². The summed E-state index contributed by atoms with van der Waals surface area (Å²) in [4.78, 5) is 21.6. The Morgan fingerprint density at radius 2 is 2.00 bits per heavy atom. The second kappa shape index (κ2) is 5.75. The lowest BCUT2D eigenvalue weighted by atomic mass is 10.1. The van der Waals surface area contributed by atoms with Crippen LogP contribution in [0.4, 0.5) is 0 Å². The Bertz CT molecular complexity index is 366. The van der Waals surface area contributed by atoms with Crippen LogP contribution in [0.5, 0.6) is 0 Å². The number of ether oxygens (including phenoxy) is 1. The van der Waals surface area contributed by atoms with E-state index in [2.05, 4.69) is 4.74 Å². The van der Waals surface area contributed by atoms with E-state index >= 15 is 0 Å². The lowest BCUT2D eigenvalue weighted by molar-refractivity contribution is -0.136. The number of aldehydes is 1. The zero-order valence-corrected chi connectivity index (χ0v) is 8.47. The summed E-state index contributed by atoms with van der Waals surface area (Å²) in [5.41, 5.74) is 1.23. The van der Waals surface area contributed by atoms with E-state index in [9.17, 15) is 9.59 Å². The van der Waals surface area contributed by atoms with Crippen LogP contribution in [-0.4, -0.2) is 19.4 Å². The highest BCUT2D eigenvalue weighted by molar-refractivity contribution is 5.96. The fourth-order valence-electron chi connectivity index (χ4n) is 1.17. The first-order valence-corrected chi connectivity index (χ1v) is 4.55. The van der Waals surface area contributed by atoms with Gasteiger partial charge in [0.2, 0.25) is 0 Å². The van der Waals surface area contributed by atoms with Crippen LogP contribution in [0, 0.1) is 0 Å².